The third-order valence-corrected chi connectivity index (χ3v) is 3.70. The minimum Gasteiger partial charge on any atom is -0.394 e. The minimum absolute atomic E-state index is 0.365. The molecule has 1 fully saturated rings. The van der Waals surface area contributed by atoms with Crippen LogP contribution in [0.3, 0.4) is 0 Å². The quantitative estimate of drug-likeness (QED) is 0.662. The maximum atomic E-state index is 12.0. The second kappa shape index (κ2) is 7.34. The van der Waals surface area contributed by atoms with Gasteiger partial charge in [0.2, 0.25) is 0 Å². The summed E-state index contributed by atoms with van der Waals surface area (Å²) >= 11 is 1.28. The molecule has 8 heteroatoms. The Labute approximate surface area is 120 Å². The van der Waals surface area contributed by atoms with Gasteiger partial charge in [-0.3, -0.25) is 15.0 Å². The van der Waals surface area contributed by atoms with Gasteiger partial charge in [-0.25, -0.2) is 5.01 Å². The first kappa shape index (κ1) is 14.9. The Morgan fingerprint density at radius 2 is 2.20 bits per heavy atom. The molecule has 2 heterocycles. The molecule has 0 aliphatic carbocycles. The third-order valence-electron chi connectivity index (χ3n) is 2.83. The van der Waals surface area contributed by atoms with Crippen LogP contribution in [0.1, 0.15) is 9.67 Å². The molecule has 2 rings (SSSR count). The number of hydrogen-bond acceptors (Lipinski definition) is 6. The standard InChI is InChI=1S/C12H17N3O4S/c16-8-9(13-12(18)10-2-1-7-20-10)11(17)14-15-3-5-19-6-4-15/h1-2,7,9,16H,3-6,8H2,(H,13,18)(H,14,17). The summed E-state index contributed by atoms with van der Waals surface area (Å²) in [5, 5.41) is 15.3. The van der Waals surface area contributed by atoms with Crippen LogP contribution in [0.2, 0.25) is 0 Å². The normalized spacial score (nSPS) is 17.4. The lowest BCUT2D eigenvalue weighted by Crippen LogP contribution is -2.56. The van der Waals surface area contributed by atoms with Crippen molar-refractivity contribution in [2.45, 2.75) is 6.04 Å². The monoisotopic (exact) mass is 299 g/mol. The van der Waals surface area contributed by atoms with E-state index < -0.39 is 18.6 Å². The van der Waals surface area contributed by atoms with Crippen LogP contribution in [-0.4, -0.2) is 60.9 Å². The molecular weight excluding hydrogens is 282 g/mol. The zero-order valence-corrected chi connectivity index (χ0v) is 11.7. The number of amides is 2. The number of morpholine rings is 1. The summed E-state index contributed by atoms with van der Waals surface area (Å²) in [6, 6.07) is 2.45. The van der Waals surface area contributed by atoms with E-state index in [0.717, 1.165) is 0 Å². The van der Waals surface area contributed by atoms with E-state index in [2.05, 4.69) is 10.7 Å². The molecule has 1 unspecified atom stereocenters. The van der Waals surface area contributed by atoms with Gasteiger partial charge >= 0.3 is 0 Å². The van der Waals surface area contributed by atoms with E-state index in [-0.39, 0.29) is 5.91 Å². The molecular formula is C12H17N3O4S. The van der Waals surface area contributed by atoms with Gasteiger partial charge in [0.05, 0.1) is 24.7 Å². The van der Waals surface area contributed by atoms with Crippen LogP contribution in [0.25, 0.3) is 0 Å². The van der Waals surface area contributed by atoms with Crippen molar-refractivity contribution >= 4 is 23.2 Å². The fraction of sp³-hybridized carbons (Fsp3) is 0.500. The summed E-state index contributed by atoms with van der Waals surface area (Å²) in [5.74, 6) is -0.796. The molecule has 3 N–H and O–H groups in total. The van der Waals surface area contributed by atoms with Crippen molar-refractivity contribution in [3.05, 3.63) is 22.4 Å². The first-order valence-electron chi connectivity index (χ1n) is 6.29. The molecule has 1 aromatic heterocycles. The maximum Gasteiger partial charge on any atom is 0.262 e. The summed E-state index contributed by atoms with van der Waals surface area (Å²) in [6.07, 6.45) is 0. The average molecular weight is 299 g/mol. The number of aliphatic hydroxyl groups excluding tert-OH is 1. The van der Waals surface area contributed by atoms with E-state index in [1.807, 2.05) is 0 Å². The van der Waals surface area contributed by atoms with Crippen LogP contribution in [0.4, 0.5) is 0 Å². The Morgan fingerprint density at radius 3 is 2.80 bits per heavy atom. The predicted molar refractivity (Wildman–Crippen MR) is 73.2 cm³/mol. The van der Waals surface area contributed by atoms with Crippen molar-refractivity contribution < 1.29 is 19.4 Å². The highest BCUT2D eigenvalue weighted by Crippen LogP contribution is 2.08. The Kier molecular flexibility index (Phi) is 5.48. The number of aliphatic hydroxyl groups is 1. The summed E-state index contributed by atoms with van der Waals surface area (Å²) < 4.78 is 5.17. The van der Waals surface area contributed by atoms with Gasteiger partial charge in [0.25, 0.3) is 11.8 Å². The number of nitrogens with one attached hydrogen (secondary N) is 2. The van der Waals surface area contributed by atoms with Crippen molar-refractivity contribution in [3.63, 3.8) is 0 Å². The first-order valence-corrected chi connectivity index (χ1v) is 7.17. The smallest absolute Gasteiger partial charge is 0.262 e. The highest BCUT2D eigenvalue weighted by atomic mass is 32.1. The first-order chi connectivity index (χ1) is 9.70. The molecule has 0 aromatic carbocycles. The van der Waals surface area contributed by atoms with E-state index in [9.17, 15) is 14.7 Å². The van der Waals surface area contributed by atoms with Crippen molar-refractivity contribution in [3.8, 4) is 0 Å². The predicted octanol–water partition coefficient (Wildman–Crippen LogP) is -0.798. The fourth-order valence-electron chi connectivity index (χ4n) is 1.74. The summed E-state index contributed by atoms with van der Waals surface area (Å²) in [7, 11) is 0. The van der Waals surface area contributed by atoms with Crippen LogP contribution in [0.5, 0.6) is 0 Å². The van der Waals surface area contributed by atoms with Gasteiger partial charge in [-0.2, -0.15) is 0 Å². The average Bonchev–Trinajstić information content (AvgIpc) is 2.99. The molecule has 1 saturated heterocycles. The molecule has 2 amide bonds. The second-order valence-corrected chi connectivity index (χ2v) is 5.21. The summed E-state index contributed by atoms with van der Waals surface area (Å²) in [4.78, 5) is 24.3. The molecule has 1 aromatic rings. The molecule has 0 saturated carbocycles. The van der Waals surface area contributed by atoms with Crippen molar-refractivity contribution in [2.24, 2.45) is 0 Å². The lowest BCUT2D eigenvalue weighted by atomic mass is 10.3. The van der Waals surface area contributed by atoms with Gasteiger partial charge in [0, 0.05) is 13.1 Å². The van der Waals surface area contributed by atoms with Crippen LogP contribution < -0.4 is 10.7 Å². The Morgan fingerprint density at radius 1 is 1.45 bits per heavy atom. The van der Waals surface area contributed by atoms with Crippen LogP contribution in [0.15, 0.2) is 17.5 Å². The largest absolute Gasteiger partial charge is 0.394 e. The highest BCUT2D eigenvalue weighted by Gasteiger charge is 2.23. The van der Waals surface area contributed by atoms with Gasteiger partial charge in [-0.1, -0.05) is 6.07 Å². The van der Waals surface area contributed by atoms with Gasteiger partial charge < -0.3 is 15.2 Å². The summed E-state index contributed by atoms with van der Waals surface area (Å²) in [6.45, 7) is 1.82. The molecule has 7 nitrogen and oxygen atoms in total. The maximum absolute atomic E-state index is 12.0. The fourth-order valence-corrected chi connectivity index (χ4v) is 2.37. The molecule has 0 spiro atoms. The van der Waals surface area contributed by atoms with Gasteiger partial charge in [0.1, 0.15) is 6.04 Å². The molecule has 0 bridgehead atoms. The van der Waals surface area contributed by atoms with Gasteiger partial charge in [-0.05, 0) is 11.4 Å². The number of thiophene rings is 1. The second-order valence-electron chi connectivity index (χ2n) is 4.26. The van der Waals surface area contributed by atoms with Gasteiger partial charge in [0.15, 0.2) is 0 Å². The van der Waals surface area contributed by atoms with E-state index in [1.54, 1.807) is 22.5 Å². The molecule has 0 radical (unpaired) electrons. The lowest BCUT2D eigenvalue weighted by Gasteiger charge is -2.28. The highest BCUT2D eigenvalue weighted by molar-refractivity contribution is 7.12. The number of nitrogens with zero attached hydrogens (tertiary/aromatic N) is 1. The van der Waals surface area contributed by atoms with Crippen molar-refractivity contribution in [1.82, 2.24) is 15.8 Å². The van der Waals surface area contributed by atoms with Gasteiger partial charge in [-0.15, -0.1) is 11.3 Å². The number of hydrogen-bond donors (Lipinski definition) is 3. The minimum atomic E-state index is -0.965. The van der Waals surface area contributed by atoms with E-state index >= 15 is 0 Å². The van der Waals surface area contributed by atoms with E-state index in [0.29, 0.717) is 31.2 Å². The number of rotatable bonds is 5. The van der Waals surface area contributed by atoms with E-state index in [4.69, 9.17) is 4.74 Å². The molecule has 110 valence electrons. The number of ether oxygens (including phenoxy) is 1. The molecule has 1 aliphatic rings. The Balaban J connectivity index is 1.86. The lowest BCUT2D eigenvalue weighted by molar-refractivity contribution is -0.130. The molecule has 1 aliphatic heterocycles. The van der Waals surface area contributed by atoms with E-state index in [1.165, 1.54) is 11.3 Å². The topological polar surface area (TPSA) is 90.9 Å². The number of carbonyl (C=O) groups is 2. The van der Waals surface area contributed by atoms with Crippen LogP contribution in [0, 0.1) is 0 Å². The SMILES string of the molecule is O=C(NC(CO)C(=O)NN1CCOCC1)c1cccs1. The van der Waals surface area contributed by atoms with Crippen LogP contribution >= 0.6 is 11.3 Å². The molecule has 1 atom stereocenters. The Hall–Kier alpha value is -1.48. The van der Waals surface area contributed by atoms with Crippen molar-refractivity contribution in [1.29, 1.82) is 0 Å². The molecule has 20 heavy (non-hydrogen) atoms. The zero-order chi connectivity index (χ0) is 14.4. The van der Waals surface area contributed by atoms with Crippen molar-refractivity contribution in [2.75, 3.05) is 32.9 Å². The number of hydrazine groups is 1. The number of carbonyl (C=O) groups excluding carboxylic acids is 2. The zero-order valence-electron chi connectivity index (χ0n) is 10.9. The van der Waals surface area contributed by atoms with Crippen LogP contribution in [-0.2, 0) is 9.53 Å². The Bertz CT molecular complexity index is 446. The summed E-state index contributed by atoms with van der Waals surface area (Å²) in [5.41, 5.74) is 2.66. The third kappa shape index (κ3) is 4.01.